The van der Waals surface area contributed by atoms with Gasteiger partial charge in [-0.25, -0.2) is 19.2 Å². The van der Waals surface area contributed by atoms with Crippen molar-refractivity contribution < 1.29 is 28.4 Å². The second kappa shape index (κ2) is 27.0. The maximum Gasteiger partial charge on any atom is 0.496 e. The van der Waals surface area contributed by atoms with Crippen molar-refractivity contribution in [2.75, 3.05) is 0 Å². The number of carbonyl (C=O) groups is 2. The third-order valence-electron chi connectivity index (χ3n) is 19.6. The van der Waals surface area contributed by atoms with E-state index in [0.29, 0.717) is 0 Å². The molecule has 5 saturated heterocycles. The molecule has 4 unspecified atom stereocenters. The molecule has 26 heteroatoms. The van der Waals surface area contributed by atoms with Crippen LogP contribution in [0.4, 0.5) is 9.59 Å². The SMILES string of the molecule is CC(Cl)Cl.Cn1c(=O)n(C2CC3CCC(C2)N3C(=O)OC(C)(C)C)c2c3cc(Br)ccc3ncc21.Cn1cc(-c2ccc(-c3ccc4ncc5c(c4c3)n(C3CC4CCC(C3)N4C(=O)OC(C)(C)C)c(=O)n5C)cn2)cn1.Cn1cc(-c2ccc(B3OC(C)(C)C(C)(C)O3)cn2)cn1. The van der Waals surface area contributed by atoms with Crippen LogP contribution in [0.5, 0.6) is 0 Å². The van der Waals surface area contributed by atoms with E-state index in [1.165, 1.54) is 0 Å². The van der Waals surface area contributed by atoms with Gasteiger partial charge in [-0.3, -0.25) is 47.6 Å². The predicted molar refractivity (Wildman–Crippen MR) is 388 cm³/mol. The molecule has 0 aliphatic carbocycles. The van der Waals surface area contributed by atoms with Crippen LogP contribution in [0.2, 0.25) is 0 Å². The Hall–Kier alpha value is -7.90. The van der Waals surface area contributed by atoms with Crippen molar-refractivity contribution in [3.8, 4) is 33.6 Å². The van der Waals surface area contributed by atoms with E-state index >= 15 is 0 Å². The quantitative estimate of drug-likeness (QED) is 0.112. The standard InChI is InChI=1S/C32H35N7O3.C23H27BrN4O3.C15H20BN3O2.C2H4Cl2/c1-32(2,3)42-31(41)38-22-8-9-23(38)14-24(13-22)39-29-25-12-19(6-11-27(25)34-17-28(29)37(5)30(39)40)20-7-10-26(33-15-20)21-16-35-36(4)18-21;1-23(2,3)31-22(30)27-14-6-7-15(27)11-16(10-14)28-20-17-9-13(24)5-8-18(17)25-12-19(20)26(4)21(28)29;1-14(2)15(3,4)21-16(20-14)12-6-7-13(17-9-12)11-8-18-19(5)10-11;1-2(3)4/h6-7,10-12,15-18,22-24H,8-9,13-14H2,1-5H3;5,8-9,12,14-16H,6-7,10-11H2,1-4H3;6-10H,1-5H3;2H,1H3. The van der Waals surface area contributed by atoms with Crippen molar-refractivity contribution in [1.29, 1.82) is 0 Å². The summed E-state index contributed by atoms with van der Waals surface area (Å²) in [4.78, 5) is 75.1. The number of nitrogens with zero attached hydrogens (tertiary/aromatic N) is 14. The maximum atomic E-state index is 13.8. The van der Waals surface area contributed by atoms with Gasteiger partial charge in [0.2, 0.25) is 0 Å². The van der Waals surface area contributed by atoms with Crippen LogP contribution in [0, 0.1) is 0 Å². The van der Waals surface area contributed by atoms with Crippen LogP contribution in [0.1, 0.15) is 140 Å². The zero-order valence-electron chi connectivity index (χ0n) is 58.3. The van der Waals surface area contributed by atoms with Gasteiger partial charge < -0.3 is 28.6 Å². The van der Waals surface area contributed by atoms with Gasteiger partial charge in [-0.15, -0.1) is 23.2 Å². The van der Waals surface area contributed by atoms with Gasteiger partial charge in [-0.1, -0.05) is 34.1 Å². The minimum atomic E-state index is -0.543. The van der Waals surface area contributed by atoms with Gasteiger partial charge in [0.25, 0.3) is 0 Å². The highest BCUT2D eigenvalue weighted by atomic mass is 79.9. The fraction of sp³-hybridized carbons (Fsp3) is 0.472. The third-order valence-corrected chi connectivity index (χ3v) is 20.1. The van der Waals surface area contributed by atoms with Gasteiger partial charge in [0, 0.05) is 127 Å². The zero-order chi connectivity index (χ0) is 70.2. The number of benzene rings is 2. The predicted octanol–water partition coefficient (Wildman–Crippen LogP) is 13.8. The summed E-state index contributed by atoms with van der Waals surface area (Å²) >= 11 is 13.6. The van der Waals surface area contributed by atoms with Crippen LogP contribution in [0.15, 0.2) is 124 Å². The summed E-state index contributed by atoms with van der Waals surface area (Å²) in [5.41, 5.74) is 9.98. The fourth-order valence-corrected chi connectivity index (χ4v) is 14.7. The zero-order valence-corrected chi connectivity index (χ0v) is 61.4. The van der Waals surface area contributed by atoms with Crippen LogP contribution in [-0.2, 0) is 47.0 Å². The molecule has 516 valence electrons. The number of alkyl halides is 2. The van der Waals surface area contributed by atoms with Crippen molar-refractivity contribution in [2.24, 2.45) is 28.2 Å². The Bertz CT molecular complexity index is 4710. The molecule has 0 spiro atoms. The molecule has 0 N–H and O–H groups in total. The Kier molecular flexibility index (Phi) is 19.3. The number of piperidine rings is 2. The number of rotatable bonds is 6. The number of carbonyl (C=O) groups excluding carboxylic acids is 2. The van der Waals surface area contributed by atoms with Crippen molar-refractivity contribution in [3.63, 3.8) is 0 Å². The van der Waals surface area contributed by atoms with Gasteiger partial charge in [0.15, 0.2) is 0 Å². The Morgan fingerprint density at radius 3 is 1.35 bits per heavy atom. The van der Waals surface area contributed by atoms with E-state index in [4.69, 9.17) is 47.0 Å². The lowest BCUT2D eigenvalue weighted by Gasteiger charge is -2.39. The number of hydrogen-bond acceptors (Lipinski definition) is 14. The number of hydrogen-bond donors (Lipinski definition) is 0. The lowest BCUT2D eigenvalue weighted by molar-refractivity contribution is 0.00185. The van der Waals surface area contributed by atoms with E-state index in [-0.39, 0.29) is 83.0 Å². The maximum absolute atomic E-state index is 13.8. The summed E-state index contributed by atoms with van der Waals surface area (Å²) in [7, 11) is 7.02. The molecule has 4 atom stereocenters. The molecule has 0 saturated carbocycles. The van der Waals surface area contributed by atoms with Crippen LogP contribution in [-0.4, -0.2) is 138 Å². The van der Waals surface area contributed by atoms with Crippen molar-refractivity contribution in [1.82, 2.24) is 67.6 Å². The highest BCUT2D eigenvalue weighted by Gasteiger charge is 2.52. The molecule has 2 aromatic carbocycles. The highest BCUT2D eigenvalue weighted by Crippen LogP contribution is 2.45. The minimum absolute atomic E-state index is 0.0212. The molecular formula is C72H86BBrCl2N14O8. The first-order valence-electron chi connectivity index (χ1n) is 33.4. The molecule has 0 radical (unpaired) electrons. The second-order valence-corrected chi connectivity index (χ2v) is 31.9. The number of aromatic nitrogens is 12. The van der Waals surface area contributed by atoms with Gasteiger partial charge in [-0.2, -0.15) is 10.2 Å². The summed E-state index contributed by atoms with van der Waals surface area (Å²) in [6, 6.07) is 20.5. The molecule has 98 heavy (non-hydrogen) atoms. The van der Waals surface area contributed by atoms with Gasteiger partial charge in [0.05, 0.1) is 80.5 Å². The molecule has 5 aliphatic heterocycles. The smallest absolute Gasteiger partial charge is 0.444 e. The average molecular weight is 1440 g/mol. The number of amides is 2. The molecule has 15 rings (SSSR count). The summed E-state index contributed by atoms with van der Waals surface area (Å²) in [5, 5.41) is 10.3. The normalized spacial score (nSPS) is 20.9. The lowest BCUT2D eigenvalue weighted by atomic mass is 9.80. The van der Waals surface area contributed by atoms with E-state index in [9.17, 15) is 19.2 Å². The van der Waals surface area contributed by atoms with E-state index in [0.717, 1.165) is 139 Å². The average Bonchev–Trinajstić information content (AvgIpc) is 1.56. The van der Waals surface area contributed by atoms with Crippen molar-refractivity contribution >= 4 is 108 Å². The lowest BCUT2D eigenvalue weighted by Crippen LogP contribution is -2.49. The molecule has 10 aromatic rings. The van der Waals surface area contributed by atoms with Gasteiger partial charge >= 0.3 is 30.7 Å². The van der Waals surface area contributed by atoms with Crippen molar-refractivity contribution in [3.05, 3.63) is 136 Å². The van der Waals surface area contributed by atoms with E-state index in [2.05, 4.69) is 53.2 Å². The molecule has 5 aliphatic rings. The number of aryl methyl sites for hydroxylation is 4. The first kappa shape index (κ1) is 70.0. The Morgan fingerprint density at radius 2 is 0.959 bits per heavy atom. The summed E-state index contributed by atoms with van der Waals surface area (Å²) in [5.74, 6) is 0. The highest BCUT2D eigenvalue weighted by molar-refractivity contribution is 9.10. The number of pyridine rings is 4. The topological polar surface area (TPSA) is 219 Å². The number of imidazole rings is 2. The van der Waals surface area contributed by atoms with Crippen LogP contribution in [0.25, 0.3) is 77.5 Å². The molecule has 2 amide bonds. The fourth-order valence-electron chi connectivity index (χ4n) is 14.4. The van der Waals surface area contributed by atoms with Gasteiger partial charge in [0.1, 0.15) is 16.0 Å². The molecule has 8 aromatic heterocycles. The molecule has 4 bridgehead atoms. The van der Waals surface area contributed by atoms with E-state index in [1.807, 2.05) is 183 Å². The summed E-state index contributed by atoms with van der Waals surface area (Å²) in [6.07, 6.45) is 21.0. The minimum Gasteiger partial charge on any atom is -0.444 e. The third kappa shape index (κ3) is 14.2. The van der Waals surface area contributed by atoms with Crippen LogP contribution in [0.3, 0.4) is 0 Å². The molecular weight excluding hydrogens is 1350 g/mol. The number of halogens is 3. The summed E-state index contributed by atoms with van der Waals surface area (Å²) in [6.45, 7) is 21.3. The first-order valence-corrected chi connectivity index (χ1v) is 35.1. The second-order valence-electron chi connectivity index (χ2n) is 29.4. The Labute approximate surface area is 588 Å². The van der Waals surface area contributed by atoms with Crippen LogP contribution >= 0.6 is 39.1 Å². The number of fused-ring (bicyclic) bond motifs is 10. The molecule has 13 heterocycles. The van der Waals surface area contributed by atoms with Crippen molar-refractivity contribution in [2.45, 2.75) is 191 Å². The number of ether oxygens (including phenoxy) is 2. The van der Waals surface area contributed by atoms with Crippen LogP contribution < -0.4 is 16.8 Å². The van der Waals surface area contributed by atoms with E-state index in [1.54, 1.807) is 57.3 Å². The molecule has 22 nitrogen and oxygen atoms in total. The first-order chi connectivity index (χ1) is 46.2. The van der Waals surface area contributed by atoms with E-state index < -0.39 is 11.2 Å². The Morgan fingerprint density at radius 1 is 0.551 bits per heavy atom. The Balaban J connectivity index is 0.000000143. The summed E-state index contributed by atoms with van der Waals surface area (Å²) < 4.78 is 35.2. The van der Waals surface area contributed by atoms with Gasteiger partial charge in [-0.05, 0) is 176 Å². The monoisotopic (exact) mass is 1430 g/mol. The molecule has 5 fully saturated rings. The largest absolute Gasteiger partial charge is 0.496 e.